The van der Waals surface area contributed by atoms with Crippen LogP contribution in [0.5, 0.6) is 0 Å². The maximum Gasteiger partial charge on any atom is 0.409 e. The number of rotatable bonds is 5. The zero-order chi connectivity index (χ0) is 14.5. The van der Waals surface area contributed by atoms with Gasteiger partial charge in [-0.3, -0.25) is 4.90 Å². The molecule has 0 aliphatic carbocycles. The number of hydrogen-bond acceptors (Lipinski definition) is 4. The fourth-order valence-corrected chi connectivity index (χ4v) is 2.03. The second-order valence-electron chi connectivity index (χ2n) is 5.53. The molecule has 1 saturated heterocycles. The molecule has 1 heterocycles. The van der Waals surface area contributed by atoms with Gasteiger partial charge >= 0.3 is 6.09 Å². The third-order valence-corrected chi connectivity index (χ3v) is 4.17. The molecule has 1 aliphatic rings. The standard InChI is InChI=1S/C13H25N3O2S/c1-4-18-12(17)16-9-7-15(8-10-16)6-5-13(2,3)11(14)19/h4-10H2,1-3H3,(H2,14,19). The molecular weight excluding hydrogens is 262 g/mol. The number of piperazine rings is 1. The van der Waals surface area contributed by atoms with Crippen LogP contribution in [0.1, 0.15) is 27.2 Å². The smallest absolute Gasteiger partial charge is 0.409 e. The normalized spacial score (nSPS) is 17.3. The average Bonchev–Trinajstić information content (AvgIpc) is 2.37. The highest BCUT2D eigenvalue weighted by molar-refractivity contribution is 7.80. The lowest BCUT2D eigenvalue weighted by Gasteiger charge is -2.35. The molecule has 0 spiro atoms. The van der Waals surface area contributed by atoms with Crippen molar-refractivity contribution in [3.05, 3.63) is 0 Å². The van der Waals surface area contributed by atoms with Crippen LogP contribution in [0.15, 0.2) is 0 Å². The van der Waals surface area contributed by atoms with Crippen LogP contribution in [0, 0.1) is 5.41 Å². The Hall–Kier alpha value is -0.880. The fourth-order valence-electron chi connectivity index (χ4n) is 1.93. The number of carbonyl (C=O) groups is 1. The van der Waals surface area contributed by atoms with Crippen molar-refractivity contribution >= 4 is 23.3 Å². The minimum Gasteiger partial charge on any atom is -0.450 e. The first kappa shape index (κ1) is 16.2. The van der Waals surface area contributed by atoms with E-state index >= 15 is 0 Å². The Morgan fingerprint density at radius 1 is 1.32 bits per heavy atom. The maximum absolute atomic E-state index is 11.6. The van der Waals surface area contributed by atoms with Crippen LogP contribution >= 0.6 is 12.2 Å². The Morgan fingerprint density at radius 2 is 1.89 bits per heavy atom. The number of carbonyl (C=O) groups excluding carboxylic acids is 1. The number of nitrogens with zero attached hydrogens (tertiary/aromatic N) is 2. The van der Waals surface area contributed by atoms with Crippen molar-refractivity contribution in [2.75, 3.05) is 39.3 Å². The first-order valence-electron chi connectivity index (χ1n) is 6.81. The molecule has 0 unspecified atom stereocenters. The molecule has 1 fully saturated rings. The van der Waals surface area contributed by atoms with Crippen LogP contribution in [0.2, 0.25) is 0 Å². The molecule has 0 saturated carbocycles. The topological polar surface area (TPSA) is 58.8 Å². The van der Waals surface area contributed by atoms with Crippen LogP contribution in [0.3, 0.4) is 0 Å². The molecule has 1 aliphatic heterocycles. The Bertz CT molecular complexity index is 326. The molecule has 0 radical (unpaired) electrons. The zero-order valence-corrected chi connectivity index (χ0v) is 13.0. The summed E-state index contributed by atoms with van der Waals surface area (Å²) in [7, 11) is 0. The molecule has 5 nitrogen and oxygen atoms in total. The van der Waals surface area contributed by atoms with Gasteiger partial charge in [0.2, 0.25) is 0 Å². The molecule has 0 aromatic carbocycles. The molecule has 0 bridgehead atoms. The van der Waals surface area contributed by atoms with E-state index in [-0.39, 0.29) is 11.5 Å². The predicted octanol–water partition coefficient (Wildman–Crippen LogP) is 1.46. The number of ether oxygens (including phenoxy) is 1. The van der Waals surface area contributed by atoms with Gasteiger partial charge in [0.1, 0.15) is 0 Å². The largest absolute Gasteiger partial charge is 0.450 e. The Balaban J connectivity index is 2.31. The average molecular weight is 287 g/mol. The maximum atomic E-state index is 11.6. The van der Waals surface area contributed by atoms with E-state index < -0.39 is 0 Å². The van der Waals surface area contributed by atoms with Crippen molar-refractivity contribution in [3.63, 3.8) is 0 Å². The summed E-state index contributed by atoms with van der Waals surface area (Å²) >= 11 is 5.07. The molecule has 6 heteroatoms. The van der Waals surface area contributed by atoms with Crippen LogP contribution in [0.25, 0.3) is 0 Å². The SMILES string of the molecule is CCOC(=O)N1CCN(CCC(C)(C)C(N)=S)CC1. The van der Waals surface area contributed by atoms with Gasteiger partial charge in [-0.15, -0.1) is 0 Å². The molecule has 1 rings (SSSR count). The molecule has 110 valence electrons. The van der Waals surface area contributed by atoms with E-state index in [1.54, 1.807) is 4.90 Å². The van der Waals surface area contributed by atoms with E-state index in [2.05, 4.69) is 18.7 Å². The Morgan fingerprint density at radius 3 is 2.37 bits per heavy atom. The highest BCUT2D eigenvalue weighted by atomic mass is 32.1. The first-order chi connectivity index (χ1) is 8.86. The van der Waals surface area contributed by atoms with Crippen molar-refractivity contribution < 1.29 is 9.53 Å². The van der Waals surface area contributed by atoms with Crippen molar-refractivity contribution in [3.8, 4) is 0 Å². The minimum atomic E-state index is -0.203. The lowest BCUT2D eigenvalue weighted by atomic mass is 9.89. The van der Waals surface area contributed by atoms with Crippen molar-refractivity contribution in [1.29, 1.82) is 0 Å². The van der Waals surface area contributed by atoms with Crippen LogP contribution in [0.4, 0.5) is 4.79 Å². The second kappa shape index (κ2) is 7.05. The molecular formula is C13H25N3O2S. The molecule has 2 N–H and O–H groups in total. The third-order valence-electron chi connectivity index (χ3n) is 3.62. The van der Waals surface area contributed by atoms with Gasteiger partial charge in [0.05, 0.1) is 11.6 Å². The van der Waals surface area contributed by atoms with Crippen molar-refractivity contribution in [2.24, 2.45) is 11.1 Å². The van der Waals surface area contributed by atoms with Gasteiger partial charge < -0.3 is 15.4 Å². The molecule has 0 atom stereocenters. The molecule has 0 aromatic rings. The summed E-state index contributed by atoms with van der Waals surface area (Å²) in [4.78, 5) is 16.2. The minimum absolute atomic E-state index is 0.104. The lowest BCUT2D eigenvalue weighted by molar-refractivity contribution is 0.0777. The van der Waals surface area contributed by atoms with Gasteiger partial charge in [-0.05, 0) is 19.9 Å². The van der Waals surface area contributed by atoms with Gasteiger partial charge in [-0.1, -0.05) is 26.1 Å². The summed E-state index contributed by atoms with van der Waals surface area (Å²) in [6, 6.07) is 0. The summed E-state index contributed by atoms with van der Waals surface area (Å²) in [5.41, 5.74) is 5.62. The van der Waals surface area contributed by atoms with Crippen molar-refractivity contribution in [2.45, 2.75) is 27.2 Å². The molecule has 1 amide bonds. The number of amides is 1. The second-order valence-corrected chi connectivity index (χ2v) is 5.97. The van der Waals surface area contributed by atoms with E-state index in [1.165, 1.54) is 0 Å². The first-order valence-corrected chi connectivity index (χ1v) is 7.21. The highest BCUT2D eigenvalue weighted by Crippen LogP contribution is 2.21. The van der Waals surface area contributed by atoms with E-state index in [0.717, 1.165) is 39.1 Å². The van der Waals surface area contributed by atoms with Gasteiger partial charge in [-0.2, -0.15) is 0 Å². The zero-order valence-electron chi connectivity index (χ0n) is 12.1. The number of hydrogen-bond donors (Lipinski definition) is 1. The summed E-state index contributed by atoms with van der Waals surface area (Å²) in [6.07, 6.45) is 0.743. The Labute approximate surface area is 121 Å². The summed E-state index contributed by atoms with van der Waals surface area (Å²) < 4.78 is 5.00. The van der Waals surface area contributed by atoms with E-state index in [1.807, 2.05) is 6.92 Å². The number of thiocarbonyl (C=S) groups is 1. The predicted molar refractivity (Wildman–Crippen MR) is 80.2 cm³/mol. The van der Waals surface area contributed by atoms with Gasteiger partial charge in [0.15, 0.2) is 0 Å². The van der Waals surface area contributed by atoms with Gasteiger partial charge in [0.25, 0.3) is 0 Å². The quantitative estimate of drug-likeness (QED) is 0.776. The lowest BCUT2D eigenvalue weighted by Crippen LogP contribution is -2.49. The monoisotopic (exact) mass is 287 g/mol. The highest BCUT2D eigenvalue weighted by Gasteiger charge is 2.25. The van der Waals surface area contributed by atoms with E-state index in [0.29, 0.717) is 11.6 Å². The van der Waals surface area contributed by atoms with Crippen molar-refractivity contribution in [1.82, 2.24) is 9.80 Å². The fraction of sp³-hybridized carbons (Fsp3) is 0.846. The van der Waals surface area contributed by atoms with Gasteiger partial charge in [0, 0.05) is 31.6 Å². The summed E-state index contributed by atoms with van der Waals surface area (Å²) in [5, 5.41) is 0. The van der Waals surface area contributed by atoms with Crippen LogP contribution in [-0.4, -0.2) is 60.2 Å². The number of nitrogens with two attached hydrogens (primary N) is 1. The van der Waals surface area contributed by atoms with E-state index in [9.17, 15) is 4.79 Å². The van der Waals surface area contributed by atoms with E-state index in [4.69, 9.17) is 22.7 Å². The molecule has 0 aromatic heterocycles. The Kier molecular flexibility index (Phi) is 6.00. The summed E-state index contributed by atoms with van der Waals surface area (Å²) in [5.74, 6) is 0. The van der Waals surface area contributed by atoms with Crippen LogP contribution < -0.4 is 5.73 Å². The van der Waals surface area contributed by atoms with Crippen LogP contribution in [-0.2, 0) is 4.74 Å². The van der Waals surface area contributed by atoms with Gasteiger partial charge in [-0.25, -0.2) is 4.79 Å². The molecule has 19 heavy (non-hydrogen) atoms. The summed E-state index contributed by atoms with van der Waals surface area (Å²) in [6.45, 7) is 10.6. The third kappa shape index (κ3) is 4.95.